The second-order valence-electron chi connectivity index (χ2n) is 6.58. The van der Waals surface area contributed by atoms with Gasteiger partial charge in [0, 0.05) is 37.9 Å². The number of hydrogen-bond donors (Lipinski definition) is 1. The number of pyridine rings is 1. The van der Waals surface area contributed by atoms with Crippen molar-refractivity contribution in [2.45, 2.75) is 0 Å². The number of amides is 1. The van der Waals surface area contributed by atoms with Gasteiger partial charge in [-0.3, -0.25) is 4.79 Å². The van der Waals surface area contributed by atoms with Crippen molar-refractivity contribution in [2.24, 2.45) is 0 Å². The Kier molecular flexibility index (Phi) is 5.29. The van der Waals surface area contributed by atoms with Crippen molar-refractivity contribution in [3.05, 3.63) is 72.2 Å². The monoisotopic (exact) mass is 385 g/mol. The van der Waals surface area contributed by atoms with Crippen LogP contribution in [0.15, 0.2) is 61.1 Å². The van der Waals surface area contributed by atoms with Crippen molar-refractivity contribution in [1.29, 1.82) is 5.26 Å². The standard InChI is InChI=1S/C21H19N7O/c22-13-16-4-3-5-17(12-16)20(29)26-18-14-24-21(25-15-18)28-10-8-27(9-11-28)19-6-1-2-7-23-19/h1-7,12,14-15H,8-11H2,(H,26,29). The van der Waals surface area contributed by atoms with E-state index in [2.05, 4.69) is 30.1 Å². The van der Waals surface area contributed by atoms with Crippen LogP contribution in [0.25, 0.3) is 0 Å². The van der Waals surface area contributed by atoms with Gasteiger partial charge in [-0.05, 0) is 30.3 Å². The molecule has 3 heterocycles. The molecule has 0 atom stereocenters. The molecule has 8 nitrogen and oxygen atoms in total. The fraction of sp³-hybridized carbons (Fsp3) is 0.190. The normalized spacial score (nSPS) is 13.6. The van der Waals surface area contributed by atoms with Crippen LogP contribution in [0, 0.1) is 11.3 Å². The van der Waals surface area contributed by atoms with Crippen LogP contribution in [-0.4, -0.2) is 47.0 Å². The Labute approximate surface area is 168 Å². The Hall–Kier alpha value is -3.99. The van der Waals surface area contributed by atoms with E-state index in [0.717, 1.165) is 32.0 Å². The second-order valence-corrected chi connectivity index (χ2v) is 6.58. The molecule has 4 rings (SSSR count). The Bertz CT molecular complexity index is 1020. The number of anilines is 3. The lowest BCUT2D eigenvalue weighted by atomic mass is 10.1. The predicted octanol–water partition coefficient (Wildman–Crippen LogP) is 2.32. The van der Waals surface area contributed by atoms with Gasteiger partial charge in [0.2, 0.25) is 5.95 Å². The lowest BCUT2D eigenvalue weighted by Crippen LogP contribution is -2.47. The van der Waals surface area contributed by atoms with Gasteiger partial charge in [0.1, 0.15) is 5.82 Å². The van der Waals surface area contributed by atoms with Crippen LogP contribution < -0.4 is 15.1 Å². The molecule has 0 radical (unpaired) electrons. The Morgan fingerprint density at radius 3 is 2.41 bits per heavy atom. The van der Waals surface area contributed by atoms with E-state index in [1.807, 2.05) is 24.3 Å². The van der Waals surface area contributed by atoms with Gasteiger partial charge in [0.15, 0.2) is 0 Å². The molecule has 1 amide bonds. The molecule has 0 saturated carbocycles. The predicted molar refractivity (Wildman–Crippen MR) is 110 cm³/mol. The van der Waals surface area contributed by atoms with E-state index in [0.29, 0.717) is 22.8 Å². The van der Waals surface area contributed by atoms with E-state index in [9.17, 15) is 4.79 Å². The summed E-state index contributed by atoms with van der Waals surface area (Å²) in [6.45, 7) is 3.27. The summed E-state index contributed by atoms with van der Waals surface area (Å²) in [6.07, 6.45) is 4.99. The van der Waals surface area contributed by atoms with Gasteiger partial charge in [0.05, 0.1) is 29.7 Å². The molecular weight excluding hydrogens is 366 g/mol. The summed E-state index contributed by atoms with van der Waals surface area (Å²) in [5.74, 6) is 1.31. The minimum atomic E-state index is -0.303. The quantitative estimate of drug-likeness (QED) is 0.736. The number of rotatable bonds is 4. The average Bonchev–Trinajstić information content (AvgIpc) is 2.80. The summed E-state index contributed by atoms with van der Waals surface area (Å²) >= 11 is 0. The van der Waals surface area contributed by atoms with Gasteiger partial charge < -0.3 is 15.1 Å². The summed E-state index contributed by atoms with van der Waals surface area (Å²) in [4.78, 5) is 29.9. The summed E-state index contributed by atoms with van der Waals surface area (Å²) in [5.41, 5.74) is 1.36. The fourth-order valence-electron chi connectivity index (χ4n) is 3.16. The maximum atomic E-state index is 12.3. The number of nitrogens with zero attached hydrogens (tertiary/aromatic N) is 6. The molecule has 3 aromatic rings. The third-order valence-corrected chi connectivity index (χ3v) is 4.69. The second kappa shape index (κ2) is 8.35. The molecule has 0 aliphatic carbocycles. The maximum Gasteiger partial charge on any atom is 0.255 e. The molecule has 0 spiro atoms. The van der Waals surface area contributed by atoms with Crippen molar-refractivity contribution in [3.63, 3.8) is 0 Å². The van der Waals surface area contributed by atoms with Gasteiger partial charge in [0.25, 0.3) is 5.91 Å². The fourth-order valence-corrected chi connectivity index (χ4v) is 3.16. The first-order valence-corrected chi connectivity index (χ1v) is 9.27. The highest BCUT2D eigenvalue weighted by molar-refractivity contribution is 6.04. The Balaban J connectivity index is 1.36. The minimum Gasteiger partial charge on any atom is -0.353 e. The Morgan fingerprint density at radius 1 is 0.966 bits per heavy atom. The van der Waals surface area contributed by atoms with E-state index < -0.39 is 0 Å². The van der Waals surface area contributed by atoms with Crippen molar-refractivity contribution in [1.82, 2.24) is 15.0 Å². The highest BCUT2D eigenvalue weighted by Crippen LogP contribution is 2.17. The van der Waals surface area contributed by atoms with Gasteiger partial charge in [-0.1, -0.05) is 12.1 Å². The molecule has 29 heavy (non-hydrogen) atoms. The largest absolute Gasteiger partial charge is 0.353 e. The molecule has 1 aliphatic rings. The molecule has 2 aromatic heterocycles. The van der Waals surface area contributed by atoms with Crippen molar-refractivity contribution in [2.75, 3.05) is 41.3 Å². The third kappa shape index (κ3) is 4.30. The van der Waals surface area contributed by atoms with Crippen molar-refractivity contribution in [3.8, 4) is 6.07 Å². The maximum absolute atomic E-state index is 12.3. The third-order valence-electron chi connectivity index (χ3n) is 4.69. The highest BCUT2D eigenvalue weighted by Gasteiger charge is 2.19. The smallest absolute Gasteiger partial charge is 0.255 e. The molecule has 1 fully saturated rings. The van der Waals surface area contributed by atoms with Crippen LogP contribution in [0.2, 0.25) is 0 Å². The zero-order chi connectivity index (χ0) is 20.1. The van der Waals surface area contributed by atoms with Gasteiger partial charge >= 0.3 is 0 Å². The van der Waals surface area contributed by atoms with Crippen LogP contribution in [0.3, 0.4) is 0 Å². The van der Waals surface area contributed by atoms with Crippen molar-refractivity contribution >= 4 is 23.4 Å². The SMILES string of the molecule is N#Cc1cccc(C(=O)Nc2cnc(N3CCN(c4ccccn4)CC3)nc2)c1. The molecular formula is C21H19N7O. The van der Waals surface area contributed by atoms with E-state index in [-0.39, 0.29) is 5.91 Å². The van der Waals surface area contributed by atoms with E-state index >= 15 is 0 Å². The summed E-state index contributed by atoms with van der Waals surface area (Å²) in [5, 5.41) is 11.7. The topological polar surface area (TPSA) is 98.0 Å². The number of aromatic nitrogens is 3. The molecule has 8 heteroatoms. The molecule has 1 aliphatic heterocycles. The molecule has 1 N–H and O–H groups in total. The average molecular weight is 385 g/mol. The number of hydrogen-bond acceptors (Lipinski definition) is 7. The molecule has 1 saturated heterocycles. The number of carbonyl (C=O) groups is 1. The molecule has 144 valence electrons. The first-order valence-electron chi connectivity index (χ1n) is 9.27. The van der Waals surface area contributed by atoms with Crippen molar-refractivity contribution < 1.29 is 4.79 Å². The first kappa shape index (κ1) is 18.4. The minimum absolute atomic E-state index is 0.303. The van der Waals surface area contributed by atoms with Crippen LogP contribution >= 0.6 is 0 Å². The van der Waals surface area contributed by atoms with E-state index in [1.165, 1.54) is 0 Å². The molecule has 1 aromatic carbocycles. The lowest BCUT2D eigenvalue weighted by molar-refractivity contribution is 0.102. The first-order chi connectivity index (χ1) is 14.2. The number of carbonyl (C=O) groups excluding carboxylic acids is 1. The number of nitrogens with one attached hydrogen (secondary N) is 1. The van der Waals surface area contributed by atoms with Gasteiger partial charge in [-0.25, -0.2) is 15.0 Å². The van der Waals surface area contributed by atoms with Crippen LogP contribution in [0.1, 0.15) is 15.9 Å². The summed E-state index contributed by atoms with van der Waals surface area (Å²) < 4.78 is 0. The zero-order valence-electron chi connectivity index (χ0n) is 15.7. The van der Waals surface area contributed by atoms with Gasteiger partial charge in [-0.15, -0.1) is 0 Å². The van der Waals surface area contributed by atoms with Crippen LogP contribution in [0.5, 0.6) is 0 Å². The molecule has 0 bridgehead atoms. The highest BCUT2D eigenvalue weighted by atomic mass is 16.1. The zero-order valence-corrected chi connectivity index (χ0v) is 15.7. The van der Waals surface area contributed by atoms with Crippen LogP contribution in [0.4, 0.5) is 17.5 Å². The van der Waals surface area contributed by atoms with Gasteiger partial charge in [-0.2, -0.15) is 5.26 Å². The number of nitriles is 1. The number of benzene rings is 1. The molecule has 0 unspecified atom stereocenters. The van der Waals surface area contributed by atoms with E-state index in [4.69, 9.17) is 5.26 Å². The van der Waals surface area contributed by atoms with Crippen LogP contribution in [-0.2, 0) is 0 Å². The summed E-state index contributed by atoms with van der Waals surface area (Å²) in [7, 11) is 0. The summed E-state index contributed by atoms with van der Waals surface area (Å²) in [6, 6.07) is 14.5. The Morgan fingerprint density at radius 2 is 1.72 bits per heavy atom. The van der Waals surface area contributed by atoms with E-state index in [1.54, 1.807) is 42.9 Å². The lowest BCUT2D eigenvalue weighted by Gasteiger charge is -2.35. The number of piperazine rings is 1.